The molecule has 1 atom stereocenters. The highest BCUT2D eigenvalue weighted by molar-refractivity contribution is 7.98. The van der Waals surface area contributed by atoms with E-state index in [1.807, 2.05) is 11.8 Å². The van der Waals surface area contributed by atoms with Gasteiger partial charge in [-0.1, -0.05) is 27.2 Å². The number of rotatable bonds is 10. The standard InChI is InChI=1S/C14H31N3S/c1-6-12(11-18-5)17(4)10-8-7-9-14(2,3)13(15)16/h12H,6-11H2,1-5H3,(H3,15,16). The first-order valence-corrected chi connectivity index (χ1v) is 8.28. The van der Waals surface area contributed by atoms with Crippen LogP contribution in [0.5, 0.6) is 0 Å². The summed E-state index contributed by atoms with van der Waals surface area (Å²) < 4.78 is 0. The molecule has 0 aliphatic rings. The Balaban J connectivity index is 3.87. The largest absolute Gasteiger partial charge is 0.387 e. The number of hydrogen-bond donors (Lipinski definition) is 2. The van der Waals surface area contributed by atoms with Crippen LogP contribution in [0, 0.1) is 10.8 Å². The predicted molar refractivity (Wildman–Crippen MR) is 84.6 cm³/mol. The van der Waals surface area contributed by atoms with Gasteiger partial charge in [-0.25, -0.2) is 0 Å². The summed E-state index contributed by atoms with van der Waals surface area (Å²) in [6.07, 6.45) is 6.74. The lowest BCUT2D eigenvalue weighted by molar-refractivity contribution is 0.247. The first kappa shape index (κ1) is 17.8. The second-order valence-corrected chi connectivity index (χ2v) is 6.66. The first-order valence-electron chi connectivity index (χ1n) is 6.88. The highest BCUT2D eigenvalue weighted by Crippen LogP contribution is 2.22. The number of nitrogens with one attached hydrogen (secondary N) is 1. The molecule has 0 aliphatic heterocycles. The van der Waals surface area contributed by atoms with Crippen LogP contribution < -0.4 is 5.73 Å². The van der Waals surface area contributed by atoms with Crippen molar-refractivity contribution in [2.45, 2.75) is 52.5 Å². The van der Waals surface area contributed by atoms with Crippen LogP contribution in [0.4, 0.5) is 0 Å². The van der Waals surface area contributed by atoms with Gasteiger partial charge in [-0.05, 0) is 39.1 Å². The minimum absolute atomic E-state index is 0.137. The van der Waals surface area contributed by atoms with Gasteiger partial charge in [-0.2, -0.15) is 11.8 Å². The Morgan fingerprint density at radius 1 is 1.39 bits per heavy atom. The maximum atomic E-state index is 7.53. The molecule has 18 heavy (non-hydrogen) atoms. The summed E-state index contributed by atoms with van der Waals surface area (Å²) in [4.78, 5) is 2.47. The van der Waals surface area contributed by atoms with Crippen LogP contribution in [-0.2, 0) is 0 Å². The molecule has 0 aliphatic carbocycles. The molecule has 0 bridgehead atoms. The van der Waals surface area contributed by atoms with Crippen molar-refractivity contribution in [2.24, 2.45) is 11.1 Å². The molecular formula is C14H31N3S. The average Bonchev–Trinajstić information content (AvgIpc) is 2.31. The van der Waals surface area contributed by atoms with Crippen molar-refractivity contribution in [2.75, 3.05) is 25.6 Å². The third kappa shape index (κ3) is 6.64. The SMILES string of the molecule is CCC(CSC)N(C)CCCCC(C)(C)C(=N)N. The summed E-state index contributed by atoms with van der Waals surface area (Å²) in [5, 5.41) is 7.53. The van der Waals surface area contributed by atoms with Gasteiger partial charge >= 0.3 is 0 Å². The fourth-order valence-corrected chi connectivity index (χ4v) is 2.87. The van der Waals surface area contributed by atoms with E-state index in [1.165, 1.54) is 18.6 Å². The van der Waals surface area contributed by atoms with E-state index >= 15 is 0 Å². The molecule has 108 valence electrons. The summed E-state index contributed by atoms with van der Waals surface area (Å²) in [7, 11) is 2.22. The van der Waals surface area contributed by atoms with Gasteiger partial charge in [-0.3, -0.25) is 5.41 Å². The van der Waals surface area contributed by atoms with E-state index in [1.54, 1.807) is 0 Å². The number of unbranched alkanes of at least 4 members (excludes halogenated alkanes) is 1. The van der Waals surface area contributed by atoms with E-state index < -0.39 is 0 Å². The van der Waals surface area contributed by atoms with E-state index in [-0.39, 0.29) is 5.41 Å². The molecule has 4 heteroatoms. The van der Waals surface area contributed by atoms with Gasteiger partial charge in [-0.15, -0.1) is 0 Å². The fraction of sp³-hybridized carbons (Fsp3) is 0.929. The zero-order valence-corrected chi connectivity index (χ0v) is 13.6. The topological polar surface area (TPSA) is 53.1 Å². The van der Waals surface area contributed by atoms with Crippen molar-refractivity contribution >= 4 is 17.6 Å². The van der Waals surface area contributed by atoms with Crippen LogP contribution in [0.3, 0.4) is 0 Å². The van der Waals surface area contributed by atoms with E-state index in [2.05, 4.69) is 39.0 Å². The van der Waals surface area contributed by atoms with Crippen molar-refractivity contribution in [1.82, 2.24) is 4.90 Å². The molecule has 0 radical (unpaired) electrons. The van der Waals surface area contributed by atoms with Crippen molar-refractivity contribution in [3.63, 3.8) is 0 Å². The molecule has 0 fully saturated rings. The minimum atomic E-state index is -0.137. The number of nitrogens with zero attached hydrogens (tertiary/aromatic N) is 1. The summed E-state index contributed by atoms with van der Waals surface area (Å²) in [6.45, 7) is 7.52. The van der Waals surface area contributed by atoms with Crippen LogP contribution in [0.1, 0.15) is 46.5 Å². The van der Waals surface area contributed by atoms with Crippen LogP contribution >= 0.6 is 11.8 Å². The summed E-state index contributed by atoms with van der Waals surface area (Å²) in [5.74, 6) is 1.52. The van der Waals surface area contributed by atoms with Gasteiger partial charge in [0.2, 0.25) is 0 Å². The molecular weight excluding hydrogens is 242 g/mol. The normalized spacial score (nSPS) is 13.9. The molecule has 3 nitrogen and oxygen atoms in total. The molecule has 0 heterocycles. The Morgan fingerprint density at radius 2 is 2.00 bits per heavy atom. The van der Waals surface area contributed by atoms with Gasteiger partial charge < -0.3 is 10.6 Å². The number of thioether (sulfide) groups is 1. The number of amidine groups is 1. The highest BCUT2D eigenvalue weighted by atomic mass is 32.2. The predicted octanol–water partition coefficient (Wildman–Crippen LogP) is 3.19. The van der Waals surface area contributed by atoms with E-state index in [0.29, 0.717) is 11.9 Å². The lowest BCUT2D eigenvalue weighted by atomic mass is 9.86. The maximum absolute atomic E-state index is 7.53. The number of nitrogens with two attached hydrogens (primary N) is 1. The molecule has 0 aromatic carbocycles. The highest BCUT2D eigenvalue weighted by Gasteiger charge is 2.21. The fourth-order valence-electron chi connectivity index (χ4n) is 1.99. The van der Waals surface area contributed by atoms with Crippen molar-refractivity contribution < 1.29 is 0 Å². The summed E-state index contributed by atoms with van der Waals surface area (Å²) in [6, 6.07) is 0.695. The molecule has 0 saturated carbocycles. The van der Waals surface area contributed by atoms with Crippen LogP contribution in [-0.4, -0.2) is 42.4 Å². The first-order chi connectivity index (χ1) is 8.35. The molecule has 0 saturated heterocycles. The van der Waals surface area contributed by atoms with Gasteiger partial charge in [0.05, 0.1) is 5.84 Å². The quantitative estimate of drug-likeness (QED) is 0.365. The molecule has 0 aromatic rings. The molecule has 1 unspecified atom stereocenters. The Labute approximate surface area is 117 Å². The third-order valence-electron chi connectivity index (χ3n) is 3.75. The summed E-state index contributed by atoms with van der Waals surface area (Å²) >= 11 is 1.92. The van der Waals surface area contributed by atoms with Gasteiger partial charge in [0.15, 0.2) is 0 Å². The second-order valence-electron chi connectivity index (χ2n) is 5.75. The van der Waals surface area contributed by atoms with E-state index in [0.717, 1.165) is 19.4 Å². The monoisotopic (exact) mass is 273 g/mol. The van der Waals surface area contributed by atoms with E-state index in [9.17, 15) is 0 Å². The summed E-state index contributed by atoms with van der Waals surface area (Å²) in [5.41, 5.74) is 5.45. The molecule has 0 aromatic heterocycles. The van der Waals surface area contributed by atoms with Gasteiger partial charge in [0, 0.05) is 17.2 Å². The van der Waals surface area contributed by atoms with Crippen molar-refractivity contribution in [3.05, 3.63) is 0 Å². The number of hydrogen-bond acceptors (Lipinski definition) is 3. The Hall–Kier alpha value is -0.220. The minimum Gasteiger partial charge on any atom is -0.387 e. The Kier molecular flexibility index (Phi) is 8.70. The smallest absolute Gasteiger partial charge is 0.0963 e. The zero-order chi connectivity index (χ0) is 14.2. The van der Waals surface area contributed by atoms with E-state index in [4.69, 9.17) is 11.1 Å². The Bertz CT molecular complexity index is 241. The maximum Gasteiger partial charge on any atom is 0.0963 e. The average molecular weight is 273 g/mol. The lowest BCUT2D eigenvalue weighted by Crippen LogP contribution is -2.34. The molecule has 0 rings (SSSR count). The molecule has 0 spiro atoms. The second kappa shape index (κ2) is 8.81. The molecule has 3 N–H and O–H groups in total. The zero-order valence-electron chi connectivity index (χ0n) is 12.8. The molecule has 0 amide bonds. The van der Waals surface area contributed by atoms with Gasteiger partial charge in [0.25, 0.3) is 0 Å². The van der Waals surface area contributed by atoms with Crippen molar-refractivity contribution in [1.29, 1.82) is 5.41 Å². The van der Waals surface area contributed by atoms with Crippen LogP contribution in [0.2, 0.25) is 0 Å². The van der Waals surface area contributed by atoms with Gasteiger partial charge in [0.1, 0.15) is 0 Å². The van der Waals surface area contributed by atoms with Crippen molar-refractivity contribution in [3.8, 4) is 0 Å². The Morgan fingerprint density at radius 3 is 2.44 bits per heavy atom. The lowest BCUT2D eigenvalue weighted by Gasteiger charge is -2.27. The third-order valence-corrected chi connectivity index (χ3v) is 4.46. The van der Waals surface area contributed by atoms with Crippen LogP contribution in [0.15, 0.2) is 0 Å². The van der Waals surface area contributed by atoms with Crippen LogP contribution in [0.25, 0.3) is 0 Å².